The van der Waals surface area contributed by atoms with Gasteiger partial charge < -0.3 is 10.3 Å². The maximum atomic E-state index is 13.3. The van der Waals surface area contributed by atoms with Gasteiger partial charge in [0.05, 0.1) is 21.8 Å². The molecule has 21 heavy (non-hydrogen) atoms. The van der Waals surface area contributed by atoms with Gasteiger partial charge in [-0.2, -0.15) is 0 Å². The molecule has 3 rings (SSSR count). The maximum absolute atomic E-state index is 13.3. The second kappa shape index (κ2) is 5.35. The summed E-state index contributed by atoms with van der Waals surface area (Å²) >= 11 is 11.9. The number of aromatic nitrogens is 2. The van der Waals surface area contributed by atoms with Crippen LogP contribution in [0.3, 0.4) is 0 Å². The van der Waals surface area contributed by atoms with Gasteiger partial charge in [-0.05, 0) is 23.8 Å². The first-order valence-electron chi connectivity index (χ1n) is 5.88. The molecule has 1 aromatic carbocycles. The first-order chi connectivity index (χ1) is 10.1. The molecule has 0 saturated carbocycles. The van der Waals surface area contributed by atoms with Crippen molar-refractivity contribution >= 4 is 29.0 Å². The van der Waals surface area contributed by atoms with Crippen molar-refractivity contribution in [3.63, 3.8) is 0 Å². The summed E-state index contributed by atoms with van der Waals surface area (Å²) in [6.07, 6.45) is 2.56. The molecule has 2 aromatic heterocycles. The molecule has 0 atom stereocenters. The minimum atomic E-state index is -0.484. The molecule has 0 aliphatic heterocycles. The van der Waals surface area contributed by atoms with Crippen LogP contribution in [-0.4, -0.2) is 10.1 Å². The number of nitrogen functional groups attached to an aromatic ring is 1. The van der Waals surface area contributed by atoms with E-state index < -0.39 is 5.82 Å². The van der Waals surface area contributed by atoms with E-state index in [4.69, 9.17) is 33.5 Å². The molecule has 0 radical (unpaired) electrons. The average molecular weight is 324 g/mol. The molecule has 2 N–H and O–H groups in total. The predicted octanol–water partition coefficient (Wildman–Crippen LogP) is 4.43. The third kappa shape index (κ3) is 2.57. The number of nitrogens with two attached hydrogens (primary N) is 1. The number of halogens is 3. The molecule has 7 heteroatoms. The Hall–Kier alpha value is -2.11. The Balaban J connectivity index is 2.19. The highest BCUT2D eigenvalue weighted by Gasteiger charge is 2.19. The minimum Gasteiger partial charge on any atom is -0.380 e. The maximum Gasteiger partial charge on any atom is 0.178 e. The van der Waals surface area contributed by atoms with E-state index in [2.05, 4.69) is 10.1 Å². The van der Waals surface area contributed by atoms with Gasteiger partial charge in [-0.1, -0.05) is 34.4 Å². The van der Waals surface area contributed by atoms with Gasteiger partial charge in [-0.3, -0.25) is 4.98 Å². The van der Waals surface area contributed by atoms with Gasteiger partial charge in [-0.15, -0.1) is 0 Å². The number of rotatable bonds is 2. The fourth-order valence-electron chi connectivity index (χ4n) is 1.97. The van der Waals surface area contributed by atoms with E-state index in [0.717, 1.165) is 6.20 Å². The number of hydrogen-bond acceptors (Lipinski definition) is 4. The summed E-state index contributed by atoms with van der Waals surface area (Å²) in [5.41, 5.74) is 7.46. The van der Waals surface area contributed by atoms with Crippen LogP contribution in [-0.2, 0) is 0 Å². The number of anilines is 1. The Morgan fingerprint density at radius 1 is 1.05 bits per heavy atom. The van der Waals surface area contributed by atoms with Crippen molar-refractivity contribution in [1.29, 1.82) is 0 Å². The van der Waals surface area contributed by atoms with E-state index in [1.54, 1.807) is 18.2 Å². The summed E-state index contributed by atoms with van der Waals surface area (Å²) in [5, 5.41) is 4.52. The van der Waals surface area contributed by atoms with Crippen LogP contribution in [0.5, 0.6) is 0 Å². The van der Waals surface area contributed by atoms with Crippen LogP contribution in [0, 0.1) is 5.82 Å². The highest BCUT2D eigenvalue weighted by Crippen LogP contribution is 2.38. The summed E-state index contributed by atoms with van der Waals surface area (Å²) in [5.74, 6) is 0.00750. The lowest BCUT2D eigenvalue weighted by Crippen LogP contribution is -1.90. The Morgan fingerprint density at radius 3 is 2.57 bits per heavy atom. The van der Waals surface area contributed by atoms with E-state index in [1.807, 2.05) is 0 Å². The normalized spacial score (nSPS) is 10.8. The van der Waals surface area contributed by atoms with Crippen molar-refractivity contribution in [1.82, 2.24) is 10.1 Å². The summed E-state index contributed by atoms with van der Waals surface area (Å²) < 4.78 is 18.5. The highest BCUT2D eigenvalue weighted by molar-refractivity contribution is 6.42. The fourth-order valence-corrected chi connectivity index (χ4v) is 2.26. The molecule has 4 nitrogen and oxygen atoms in total. The van der Waals surface area contributed by atoms with Gasteiger partial charge >= 0.3 is 0 Å². The van der Waals surface area contributed by atoms with Crippen molar-refractivity contribution in [2.24, 2.45) is 0 Å². The van der Waals surface area contributed by atoms with Gasteiger partial charge in [0.15, 0.2) is 11.6 Å². The zero-order valence-corrected chi connectivity index (χ0v) is 12.0. The van der Waals surface area contributed by atoms with E-state index >= 15 is 0 Å². The molecule has 0 amide bonds. The van der Waals surface area contributed by atoms with E-state index in [9.17, 15) is 4.39 Å². The molecule has 0 bridgehead atoms. The van der Waals surface area contributed by atoms with Crippen molar-refractivity contribution in [2.75, 3.05) is 5.73 Å². The van der Waals surface area contributed by atoms with Crippen LogP contribution in [0.4, 0.5) is 10.2 Å². The lowest BCUT2D eigenvalue weighted by atomic mass is 10.0. The minimum absolute atomic E-state index is 0.174. The second-order valence-electron chi connectivity index (χ2n) is 4.29. The van der Waals surface area contributed by atoms with E-state index in [0.29, 0.717) is 32.5 Å². The average Bonchev–Trinajstić information content (AvgIpc) is 2.84. The molecule has 0 aliphatic carbocycles. The van der Waals surface area contributed by atoms with Crippen LogP contribution in [0.1, 0.15) is 0 Å². The van der Waals surface area contributed by atoms with Gasteiger partial charge in [-0.25, -0.2) is 4.39 Å². The number of pyridine rings is 1. The Labute approximate surface area is 129 Å². The van der Waals surface area contributed by atoms with Crippen LogP contribution >= 0.6 is 23.2 Å². The molecule has 2 heterocycles. The molecule has 0 aliphatic rings. The topological polar surface area (TPSA) is 64.9 Å². The van der Waals surface area contributed by atoms with Crippen molar-refractivity contribution in [3.05, 3.63) is 52.5 Å². The van der Waals surface area contributed by atoms with Gasteiger partial charge in [0, 0.05) is 11.8 Å². The van der Waals surface area contributed by atoms with Crippen LogP contribution < -0.4 is 5.73 Å². The molecule has 0 spiro atoms. The van der Waals surface area contributed by atoms with Crippen molar-refractivity contribution in [2.45, 2.75) is 0 Å². The number of hydrogen-bond donors (Lipinski definition) is 1. The zero-order valence-electron chi connectivity index (χ0n) is 10.5. The lowest BCUT2D eigenvalue weighted by molar-refractivity contribution is 0.435. The van der Waals surface area contributed by atoms with Crippen LogP contribution in [0.25, 0.3) is 22.5 Å². The third-order valence-corrected chi connectivity index (χ3v) is 3.63. The zero-order chi connectivity index (χ0) is 15.0. The number of benzene rings is 1. The van der Waals surface area contributed by atoms with Crippen LogP contribution in [0.2, 0.25) is 10.0 Å². The fraction of sp³-hybridized carbons (Fsp3) is 0. The van der Waals surface area contributed by atoms with Gasteiger partial charge in [0.2, 0.25) is 0 Å². The quantitative estimate of drug-likeness (QED) is 0.757. The molecule has 3 aromatic rings. The van der Waals surface area contributed by atoms with E-state index in [-0.39, 0.29) is 5.82 Å². The summed E-state index contributed by atoms with van der Waals surface area (Å²) in [6, 6.07) is 6.30. The highest BCUT2D eigenvalue weighted by atomic mass is 35.5. The Kier molecular flexibility index (Phi) is 3.53. The molecular weight excluding hydrogens is 316 g/mol. The number of nitrogens with zero attached hydrogens (tertiary/aromatic N) is 2. The molecule has 0 unspecified atom stereocenters. The molecule has 0 fully saturated rings. The Bertz CT molecular complexity index is 820. The first kappa shape index (κ1) is 13.9. The smallest absolute Gasteiger partial charge is 0.178 e. The van der Waals surface area contributed by atoms with Gasteiger partial charge in [0.1, 0.15) is 5.82 Å². The largest absolute Gasteiger partial charge is 0.380 e. The molecular formula is C14H8Cl2FN3O. The lowest BCUT2D eigenvalue weighted by Gasteiger charge is -2.04. The Morgan fingerprint density at radius 2 is 1.86 bits per heavy atom. The predicted molar refractivity (Wildman–Crippen MR) is 79.6 cm³/mol. The standard InChI is InChI=1S/C14H8Cl2FN3O/c15-10-2-1-7(4-11(10)16)12-13(21-20-14(12)18)8-3-9(17)6-19-5-8/h1-6H,(H2,18,20). The summed E-state index contributed by atoms with van der Waals surface area (Å²) in [6.45, 7) is 0. The first-order valence-corrected chi connectivity index (χ1v) is 6.63. The summed E-state index contributed by atoms with van der Waals surface area (Å²) in [4.78, 5) is 3.79. The SMILES string of the molecule is Nc1noc(-c2cncc(F)c2)c1-c1ccc(Cl)c(Cl)c1. The second-order valence-corrected chi connectivity index (χ2v) is 5.11. The van der Waals surface area contributed by atoms with Crippen molar-refractivity contribution in [3.8, 4) is 22.5 Å². The molecule has 0 saturated heterocycles. The van der Waals surface area contributed by atoms with Gasteiger partial charge in [0.25, 0.3) is 0 Å². The van der Waals surface area contributed by atoms with E-state index in [1.165, 1.54) is 12.3 Å². The third-order valence-electron chi connectivity index (χ3n) is 2.89. The van der Waals surface area contributed by atoms with Crippen molar-refractivity contribution < 1.29 is 8.91 Å². The monoisotopic (exact) mass is 323 g/mol. The molecule has 106 valence electrons. The summed E-state index contributed by atoms with van der Waals surface area (Å²) in [7, 11) is 0. The van der Waals surface area contributed by atoms with Crippen LogP contribution in [0.15, 0.2) is 41.2 Å².